The second-order valence-electron chi connectivity index (χ2n) is 11.7. The number of carboxylic acid groups (broad SMARTS) is 2. The lowest BCUT2D eigenvalue weighted by Gasteiger charge is -2.60. The van der Waals surface area contributed by atoms with Crippen molar-refractivity contribution in [2.45, 2.75) is 69.5 Å². The van der Waals surface area contributed by atoms with Crippen molar-refractivity contribution in [2.24, 2.45) is 23.7 Å². The highest BCUT2D eigenvalue weighted by molar-refractivity contribution is 5.84. The maximum absolute atomic E-state index is 13.2. The van der Waals surface area contributed by atoms with Gasteiger partial charge in [-0.05, 0) is 69.1 Å². The molecule has 1 saturated heterocycles. The van der Waals surface area contributed by atoms with E-state index in [1.54, 1.807) is 10.9 Å². The van der Waals surface area contributed by atoms with Gasteiger partial charge in [-0.2, -0.15) is 0 Å². The van der Waals surface area contributed by atoms with Gasteiger partial charge >= 0.3 is 18.0 Å². The number of rotatable bonds is 7. The monoisotopic (exact) mass is 526 g/mol. The SMILES string of the molecule is COC(=O)N([C@@H](Cn1cnc2c(N3CCC(C(=O)O)CC3)ncnc21)C(=O)O)C12CC3CC(CC(C3)C1)C2. The van der Waals surface area contributed by atoms with Gasteiger partial charge in [0.05, 0.1) is 25.9 Å². The van der Waals surface area contributed by atoms with Gasteiger partial charge in [0.1, 0.15) is 6.33 Å². The Morgan fingerprint density at radius 3 is 2.24 bits per heavy atom. The average Bonchev–Trinajstić information content (AvgIpc) is 3.30. The predicted octanol–water partition coefficient (Wildman–Crippen LogP) is 2.62. The molecular weight excluding hydrogens is 492 g/mol. The van der Waals surface area contributed by atoms with Gasteiger partial charge in [0.25, 0.3) is 0 Å². The van der Waals surface area contributed by atoms with E-state index >= 15 is 0 Å². The maximum Gasteiger partial charge on any atom is 0.410 e. The van der Waals surface area contributed by atoms with E-state index in [1.807, 2.05) is 4.90 Å². The lowest BCUT2D eigenvalue weighted by molar-refractivity contribution is -0.152. The fourth-order valence-corrected chi connectivity index (χ4v) is 8.14. The lowest BCUT2D eigenvalue weighted by Crippen LogP contribution is -2.66. The van der Waals surface area contributed by atoms with E-state index in [2.05, 4.69) is 15.0 Å². The third-order valence-corrected chi connectivity index (χ3v) is 9.38. The van der Waals surface area contributed by atoms with Crippen LogP contribution in [-0.2, 0) is 20.9 Å². The molecule has 4 saturated carbocycles. The van der Waals surface area contributed by atoms with E-state index in [9.17, 15) is 24.6 Å². The van der Waals surface area contributed by atoms with Crippen LogP contribution in [0, 0.1) is 23.7 Å². The van der Waals surface area contributed by atoms with Crippen LogP contribution in [0.25, 0.3) is 11.2 Å². The van der Waals surface area contributed by atoms with Crippen LogP contribution in [-0.4, -0.2) is 84.4 Å². The molecule has 5 fully saturated rings. The maximum atomic E-state index is 13.2. The van der Waals surface area contributed by atoms with Crippen LogP contribution in [0.4, 0.5) is 10.6 Å². The molecule has 12 nitrogen and oxygen atoms in total. The van der Waals surface area contributed by atoms with E-state index in [0.29, 0.717) is 60.7 Å². The summed E-state index contributed by atoms with van der Waals surface area (Å²) in [5.41, 5.74) is 0.511. The number of ether oxygens (including phenoxy) is 1. The number of carboxylic acids is 2. The van der Waals surface area contributed by atoms with Crippen LogP contribution in [0.3, 0.4) is 0 Å². The Morgan fingerprint density at radius 2 is 1.68 bits per heavy atom. The summed E-state index contributed by atoms with van der Waals surface area (Å²) < 4.78 is 6.87. The molecule has 38 heavy (non-hydrogen) atoms. The Bertz CT molecular complexity index is 1220. The minimum Gasteiger partial charge on any atom is -0.481 e. The second kappa shape index (κ2) is 9.39. The third-order valence-electron chi connectivity index (χ3n) is 9.38. The number of fused-ring (bicyclic) bond motifs is 1. The summed E-state index contributed by atoms with van der Waals surface area (Å²) in [6, 6.07) is -1.14. The van der Waals surface area contributed by atoms with Crippen LogP contribution in [0.5, 0.6) is 0 Å². The van der Waals surface area contributed by atoms with Crippen LogP contribution in [0.1, 0.15) is 51.4 Å². The predicted molar refractivity (Wildman–Crippen MR) is 134 cm³/mol. The van der Waals surface area contributed by atoms with Crippen molar-refractivity contribution in [1.29, 1.82) is 0 Å². The van der Waals surface area contributed by atoms with Gasteiger partial charge in [0.15, 0.2) is 23.0 Å². The van der Waals surface area contributed by atoms with Crippen molar-refractivity contribution in [3.8, 4) is 0 Å². The number of imidazole rings is 1. The number of nitrogens with zero attached hydrogens (tertiary/aromatic N) is 6. The summed E-state index contributed by atoms with van der Waals surface area (Å²) in [5, 5.41) is 19.7. The summed E-state index contributed by atoms with van der Waals surface area (Å²) in [5.74, 6) is -0.0529. The number of aliphatic carboxylic acids is 2. The van der Waals surface area contributed by atoms with Gasteiger partial charge < -0.3 is 24.4 Å². The molecule has 4 bridgehead atoms. The van der Waals surface area contributed by atoms with Crippen LogP contribution >= 0.6 is 0 Å². The Morgan fingerprint density at radius 1 is 1.05 bits per heavy atom. The van der Waals surface area contributed by atoms with Crippen molar-refractivity contribution < 1.29 is 29.3 Å². The summed E-state index contributed by atoms with van der Waals surface area (Å²) in [6.07, 6.45) is 9.38. The van der Waals surface area contributed by atoms with E-state index in [-0.39, 0.29) is 12.5 Å². The van der Waals surface area contributed by atoms with Crippen LogP contribution in [0.15, 0.2) is 12.7 Å². The molecule has 0 unspecified atom stereocenters. The number of carbonyl (C=O) groups is 3. The van der Waals surface area contributed by atoms with Gasteiger partial charge in [-0.25, -0.2) is 24.5 Å². The van der Waals surface area contributed by atoms with Gasteiger partial charge in [0, 0.05) is 18.6 Å². The van der Waals surface area contributed by atoms with Crippen molar-refractivity contribution in [3.05, 3.63) is 12.7 Å². The number of piperidine rings is 1. The summed E-state index contributed by atoms with van der Waals surface area (Å²) in [6.45, 7) is 1.06. The first-order chi connectivity index (χ1) is 18.3. The van der Waals surface area contributed by atoms with E-state index in [0.717, 1.165) is 19.3 Å². The van der Waals surface area contributed by atoms with E-state index in [4.69, 9.17) is 4.74 Å². The highest BCUT2D eigenvalue weighted by Crippen LogP contribution is 2.58. The highest BCUT2D eigenvalue weighted by atomic mass is 16.5. The van der Waals surface area contributed by atoms with Gasteiger partial charge in [-0.3, -0.25) is 9.69 Å². The molecule has 2 aromatic rings. The smallest absolute Gasteiger partial charge is 0.410 e. The highest BCUT2D eigenvalue weighted by Gasteiger charge is 2.57. The Labute approximate surface area is 220 Å². The number of hydrogen-bond acceptors (Lipinski definition) is 8. The zero-order valence-electron chi connectivity index (χ0n) is 21.5. The second-order valence-corrected chi connectivity index (χ2v) is 11.7. The van der Waals surface area contributed by atoms with E-state index in [1.165, 1.54) is 37.6 Å². The molecule has 0 spiro atoms. The zero-order valence-corrected chi connectivity index (χ0v) is 21.5. The van der Waals surface area contributed by atoms with Crippen molar-refractivity contribution in [1.82, 2.24) is 24.4 Å². The van der Waals surface area contributed by atoms with Gasteiger partial charge in [-0.15, -0.1) is 0 Å². The van der Waals surface area contributed by atoms with Crippen molar-refractivity contribution in [3.63, 3.8) is 0 Å². The average molecular weight is 527 g/mol. The minimum absolute atomic E-state index is 0.0137. The molecule has 3 heterocycles. The molecule has 4 aliphatic carbocycles. The quantitative estimate of drug-likeness (QED) is 0.551. The molecule has 2 N–H and O–H groups in total. The number of carbonyl (C=O) groups excluding carboxylic acids is 1. The topological polar surface area (TPSA) is 151 Å². The molecular formula is C26H34N6O6. The van der Waals surface area contributed by atoms with Crippen LogP contribution < -0.4 is 4.90 Å². The molecule has 1 aliphatic heterocycles. The fraction of sp³-hybridized carbons (Fsp3) is 0.692. The molecule has 5 aliphatic rings. The molecule has 1 atom stereocenters. The van der Waals surface area contributed by atoms with Gasteiger partial charge in [0.2, 0.25) is 0 Å². The van der Waals surface area contributed by atoms with Gasteiger partial charge in [-0.1, -0.05) is 0 Å². The molecule has 204 valence electrons. The lowest BCUT2D eigenvalue weighted by atomic mass is 9.52. The number of methoxy groups -OCH3 is 1. The molecule has 0 radical (unpaired) electrons. The Balaban J connectivity index is 1.30. The molecule has 2 aromatic heterocycles. The Kier molecular flexibility index (Phi) is 6.14. The van der Waals surface area contributed by atoms with Crippen LogP contribution in [0.2, 0.25) is 0 Å². The van der Waals surface area contributed by atoms with Crippen molar-refractivity contribution >= 4 is 35.0 Å². The molecule has 1 amide bonds. The molecule has 7 rings (SSSR count). The zero-order chi connectivity index (χ0) is 26.6. The normalized spacial score (nSPS) is 29.4. The fourth-order valence-electron chi connectivity index (χ4n) is 8.14. The number of hydrogen-bond donors (Lipinski definition) is 2. The number of anilines is 1. The van der Waals surface area contributed by atoms with E-state index < -0.39 is 29.6 Å². The Hall–Kier alpha value is -3.44. The third kappa shape index (κ3) is 4.14. The first-order valence-electron chi connectivity index (χ1n) is 13.5. The first kappa shape index (κ1) is 24.9. The summed E-state index contributed by atoms with van der Waals surface area (Å²) in [4.78, 5) is 54.2. The number of aromatic nitrogens is 4. The minimum atomic E-state index is -1.14. The number of amides is 1. The summed E-state index contributed by atoms with van der Waals surface area (Å²) >= 11 is 0. The van der Waals surface area contributed by atoms with Crippen molar-refractivity contribution in [2.75, 3.05) is 25.1 Å². The molecule has 0 aromatic carbocycles. The molecule has 12 heteroatoms. The standard InChI is InChI=1S/C26H34N6O6/c1-38-25(37)32(26-9-15-6-16(10-26)8-17(7-15)11-26)19(24(35)36)12-31-14-29-20-21(27-13-28-22(20)31)30-4-2-18(3-5-30)23(33)34/h13-19H,2-12H2,1H3,(H,33,34)(H,35,36)/t15?,16?,17?,19-,26?/m0/s1. The summed E-state index contributed by atoms with van der Waals surface area (Å²) in [7, 11) is 1.31. The first-order valence-corrected chi connectivity index (χ1v) is 13.5. The largest absolute Gasteiger partial charge is 0.481 e.